The molecule has 3 aromatic rings. The summed E-state index contributed by atoms with van der Waals surface area (Å²) in [5, 5.41) is 17.1. The van der Waals surface area contributed by atoms with Gasteiger partial charge in [0.05, 0.1) is 21.8 Å². The van der Waals surface area contributed by atoms with Crippen LogP contribution in [0, 0.1) is 15.9 Å². The standard InChI is InChI=1S/C22H16ClFN4O5/c23-17-11-14(12-25-27-22(30)15-6-8-16(9-7-15)28(31)32)5-10-20(17)33-13-21(29)26-19-4-2-1-3-18(19)24/h1-12H,13H2,(H,26,29)(H,27,30). The van der Waals surface area contributed by atoms with Gasteiger partial charge in [-0.15, -0.1) is 0 Å². The van der Waals surface area contributed by atoms with E-state index in [2.05, 4.69) is 15.8 Å². The Morgan fingerprint density at radius 3 is 2.52 bits per heavy atom. The fourth-order valence-electron chi connectivity index (χ4n) is 2.57. The Kier molecular flexibility index (Phi) is 7.66. The highest BCUT2D eigenvalue weighted by Gasteiger charge is 2.10. The van der Waals surface area contributed by atoms with Crippen molar-refractivity contribution in [2.24, 2.45) is 5.10 Å². The quantitative estimate of drug-likeness (QED) is 0.290. The van der Waals surface area contributed by atoms with Crippen molar-refractivity contribution in [1.29, 1.82) is 0 Å². The number of carbonyl (C=O) groups is 2. The molecule has 3 aromatic carbocycles. The molecule has 9 nitrogen and oxygen atoms in total. The Labute approximate surface area is 192 Å². The first kappa shape index (κ1) is 23.4. The Bertz CT molecular complexity index is 1220. The van der Waals surface area contributed by atoms with Crippen molar-refractivity contribution in [3.63, 3.8) is 0 Å². The monoisotopic (exact) mass is 470 g/mol. The van der Waals surface area contributed by atoms with Gasteiger partial charge in [-0.3, -0.25) is 19.7 Å². The first-order valence-electron chi connectivity index (χ1n) is 9.38. The van der Waals surface area contributed by atoms with Gasteiger partial charge in [0, 0.05) is 17.7 Å². The van der Waals surface area contributed by atoms with Gasteiger partial charge < -0.3 is 10.1 Å². The molecule has 0 atom stereocenters. The van der Waals surface area contributed by atoms with Crippen LogP contribution in [0.25, 0.3) is 0 Å². The molecule has 0 fully saturated rings. The van der Waals surface area contributed by atoms with Gasteiger partial charge in [0.1, 0.15) is 11.6 Å². The van der Waals surface area contributed by atoms with Gasteiger partial charge in [-0.25, -0.2) is 9.82 Å². The molecule has 0 spiro atoms. The molecule has 0 unspecified atom stereocenters. The SMILES string of the molecule is O=C(COc1ccc(C=NNC(=O)c2ccc([N+](=O)[O-])cc2)cc1Cl)Nc1ccccc1F. The van der Waals surface area contributed by atoms with E-state index in [4.69, 9.17) is 16.3 Å². The molecule has 2 N–H and O–H groups in total. The summed E-state index contributed by atoms with van der Waals surface area (Å²) >= 11 is 6.16. The molecule has 0 bridgehead atoms. The molecule has 0 aromatic heterocycles. The fourth-order valence-corrected chi connectivity index (χ4v) is 2.81. The Morgan fingerprint density at radius 2 is 1.85 bits per heavy atom. The zero-order chi connectivity index (χ0) is 23.8. The van der Waals surface area contributed by atoms with Crippen LogP contribution < -0.4 is 15.5 Å². The lowest BCUT2D eigenvalue weighted by Crippen LogP contribution is -2.20. The van der Waals surface area contributed by atoms with Crippen molar-refractivity contribution < 1.29 is 23.6 Å². The summed E-state index contributed by atoms with van der Waals surface area (Å²) in [6, 6.07) is 15.4. The Balaban J connectivity index is 1.52. The van der Waals surface area contributed by atoms with E-state index in [9.17, 15) is 24.1 Å². The maximum Gasteiger partial charge on any atom is 0.271 e. The number of para-hydroxylation sites is 1. The van der Waals surface area contributed by atoms with Gasteiger partial charge >= 0.3 is 0 Å². The van der Waals surface area contributed by atoms with E-state index in [1.165, 1.54) is 60.8 Å². The van der Waals surface area contributed by atoms with E-state index in [0.29, 0.717) is 5.56 Å². The number of hydrogen-bond donors (Lipinski definition) is 2. The first-order chi connectivity index (χ1) is 15.8. The van der Waals surface area contributed by atoms with E-state index < -0.39 is 22.6 Å². The molecule has 33 heavy (non-hydrogen) atoms. The van der Waals surface area contributed by atoms with Crippen molar-refractivity contribution in [3.8, 4) is 5.75 Å². The van der Waals surface area contributed by atoms with Gasteiger partial charge in [-0.1, -0.05) is 23.7 Å². The van der Waals surface area contributed by atoms with Crippen LogP contribution in [-0.4, -0.2) is 29.6 Å². The number of benzene rings is 3. The number of carbonyl (C=O) groups excluding carboxylic acids is 2. The van der Waals surface area contributed by atoms with Crippen LogP contribution in [0.4, 0.5) is 15.8 Å². The molecule has 3 rings (SSSR count). The summed E-state index contributed by atoms with van der Waals surface area (Å²) in [6.07, 6.45) is 1.34. The highest BCUT2D eigenvalue weighted by Crippen LogP contribution is 2.25. The third-order valence-corrected chi connectivity index (χ3v) is 4.48. The second-order valence-corrected chi connectivity index (χ2v) is 6.92. The normalized spacial score (nSPS) is 10.6. The summed E-state index contributed by atoms with van der Waals surface area (Å²) in [5.41, 5.74) is 2.95. The molecule has 0 saturated heterocycles. The average molecular weight is 471 g/mol. The second kappa shape index (κ2) is 10.8. The number of ether oxygens (including phenoxy) is 1. The maximum absolute atomic E-state index is 13.6. The van der Waals surface area contributed by atoms with E-state index >= 15 is 0 Å². The topological polar surface area (TPSA) is 123 Å². The van der Waals surface area contributed by atoms with Gasteiger partial charge in [-0.2, -0.15) is 5.10 Å². The number of nitro benzene ring substituents is 1. The highest BCUT2D eigenvalue weighted by atomic mass is 35.5. The van der Waals surface area contributed by atoms with Crippen LogP contribution in [0.5, 0.6) is 5.75 Å². The lowest BCUT2D eigenvalue weighted by molar-refractivity contribution is -0.384. The van der Waals surface area contributed by atoms with Crippen molar-refractivity contribution >= 4 is 41.0 Å². The number of nitrogens with zero attached hydrogens (tertiary/aromatic N) is 2. The fraction of sp³-hybridized carbons (Fsp3) is 0.0455. The molecule has 0 aliphatic heterocycles. The number of halogens is 2. The minimum atomic E-state index is -0.563. The third-order valence-electron chi connectivity index (χ3n) is 4.18. The molecule has 0 heterocycles. The highest BCUT2D eigenvalue weighted by molar-refractivity contribution is 6.32. The summed E-state index contributed by atoms with van der Waals surface area (Å²) in [5.74, 6) is -1.44. The van der Waals surface area contributed by atoms with Crippen molar-refractivity contribution in [3.05, 3.63) is 98.8 Å². The molecule has 168 valence electrons. The predicted molar refractivity (Wildman–Crippen MR) is 120 cm³/mol. The summed E-state index contributed by atoms with van der Waals surface area (Å²) in [7, 11) is 0. The van der Waals surface area contributed by atoms with E-state index in [0.717, 1.165) is 0 Å². The number of rotatable bonds is 8. The smallest absolute Gasteiger partial charge is 0.271 e. The summed E-state index contributed by atoms with van der Waals surface area (Å²) < 4.78 is 18.9. The lowest BCUT2D eigenvalue weighted by Gasteiger charge is -2.09. The minimum Gasteiger partial charge on any atom is -0.482 e. The zero-order valence-corrected chi connectivity index (χ0v) is 17.6. The molecule has 11 heteroatoms. The van der Waals surface area contributed by atoms with E-state index in [1.54, 1.807) is 12.1 Å². The lowest BCUT2D eigenvalue weighted by atomic mass is 10.2. The Hall–Kier alpha value is -4.31. The van der Waals surface area contributed by atoms with Gasteiger partial charge in [0.25, 0.3) is 17.5 Å². The molecule has 2 amide bonds. The van der Waals surface area contributed by atoms with Gasteiger partial charge in [-0.05, 0) is 48.0 Å². The molecule has 0 radical (unpaired) electrons. The number of nitro groups is 1. The summed E-state index contributed by atoms with van der Waals surface area (Å²) in [6.45, 7) is -0.382. The van der Waals surface area contributed by atoms with Crippen LogP contribution in [0.2, 0.25) is 5.02 Å². The van der Waals surface area contributed by atoms with Crippen molar-refractivity contribution in [1.82, 2.24) is 5.43 Å². The van der Waals surface area contributed by atoms with Crippen molar-refractivity contribution in [2.45, 2.75) is 0 Å². The predicted octanol–water partition coefficient (Wildman–Crippen LogP) is 4.17. The Morgan fingerprint density at radius 1 is 1.12 bits per heavy atom. The van der Waals surface area contributed by atoms with Crippen LogP contribution in [0.15, 0.2) is 71.8 Å². The third kappa shape index (κ3) is 6.58. The minimum absolute atomic E-state index is 0.0412. The van der Waals surface area contributed by atoms with E-state index in [1.807, 2.05) is 0 Å². The summed E-state index contributed by atoms with van der Waals surface area (Å²) in [4.78, 5) is 34.1. The van der Waals surface area contributed by atoms with E-state index in [-0.39, 0.29) is 34.3 Å². The molecular weight excluding hydrogens is 455 g/mol. The van der Waals surface area contributed by atoms with Crippen LogP contribution in [-0.2, 0) is 4.79 Å². The molecule has 0 aliphatic rings. The van der Waals surface area contributed by atoms with Gasteiger partial charge in [0.2, 0.25) is 0 Å². The van der Waals surface area contributed by atoms with Crippen LogP contribution >= 0.6 is 11.6 Å². The molecule has 0 saturated carbocycles. The van der Waals surface area contributed by atoms with Crippen LogP contribution in [0.3, 0.4) is 0 Å². The number of hydrazone groups is 1. The van der Waals surface area contributed by atoms with Gasteiger partial charge in [0.15, 0.2) is 6.61 Å². The first-order valence-corrected chi connectivity index (χ1v) is 9.76. The number of nitrogens with one attached hydrogen (secondary N) is 2. The number of non-ortho nitro benzene ring substituents is 1. The molecule has 0 aliphatic carbocycles. The van der Waals surface area contributed by atoms with Crippen LogP contribution in [0.1, 0.15) is 15.9 Å². The number of anilines is 1. The maximum atomic E-state index is 13.6. The zero-order valence-electron chi connectivity index (χ0n) is 16.8. The number of hydrogen-bond acceptors (Lipinski definition) is 6. The van der Waals surface area contributed by atoms with Crippen molar-refractivity contribution in [2.75, 3.05) is 11.9 Å². The average Bonchev–Trinajstić information content (AvgIpc) is 2.80. The second-order valence-electron chi connectivity index (χ2n) is 6.51. The molecular formula is C22H16ClFN4O5. The number of amides is 2. The largest absolute Gasteiger partial charge is 0.482 e.